The number of Topliss-reactive ketones (excluding diaryl/α,β-unsaturated/α-hetero) is 1. The van der Waals surface area contributed by atoms with Crippen molar-refractivity contribution < 1.29 is 36.3 Å². The molecule has 13 heteroatoms. The number of carbonyl (C=O) groups excluding carboxylic acids is 3. The van der Waals surface area contributed by atoms with Crippen molar-refractivity contribution in [3.05, 3.63) is 71.8 Å². The average molecular weight is 726 g/mol. The van der Waals surface area contributed by atoms with Crippen LogP contribution in [0.1, 0.15) is 76.7 Å². The van der Waals surface area contributed by atoms with Crippen LogP contribution in [0.15, 0.2) is 54.6 Å². The molecule has 0 radical (unpaired) electrons. The van der Waals surface area contributed by atoms with Gasteiger partial charge in [-0.05, 0) is 87.6 Å². The molecule has 4 aliphatic rings. The van der Waals surface area contributed by atoms with E-state index in [0.29, 0.717) is 36.4 Å². The second kappa shape index (κ2) is 13.4. The number of ketones is 1. The number of halogens is 2. The molecule has 1 saturated heterocycles. The van der Waals surface area contributed by atoms with Crippen molar-refractivity contribution >= 4 is 49.2 Å². The third-order valence-electron chi connectivity index (χ3n) is 11.0. The van der Waals surface area contributed by atoms with Gasteiger partial charge in [0, 0.05) is 18.8 Å². The van der Waals surface area contributed by atoms with Gasteiger partial charge in [0.25, 0.3) is 5.19 Å². The molecule has 0 spiro atoms. The molecule has 0 unspecified atom stereocenters. The summed E-state index contributed by atoms with van der Waals surface area (Å²) in [4.78, 5) is 48.8. The zero-order valence-electron chi connectivity index (χ0n) is 27.9. The van der Waals surface area contributed by atoms with E-state index in [0.717, 1.165) is 48.0 Å². The molecule has 9 nitrogen and oxygen atoms in total. The van der Waals surface area contributed by atoms with Crippen molar-refractivity contribution in [2.75, 3.05) is 6.54 Å². The normalized spacial score (nSPS) is 29.0. The molecule has 2 saturated carbocycles. The van der Waals surface area contributed by atoms with Crippen molar-refractivity contribution in [1.29, 1.82) is 0 Å². The fraction of sp³-hybridized carbons (Fsp3) is 0.514. The standard InChI is InChI=1S/C37H41F2N3O6S2/c1-36(15-16-36)50(46,47)41-34(45)37-20-25(37)10-6-4-2-3-5-9-24(17-23-13-14-27(38)28(39)18-23)33(44)42-22-26(19-30(42)31(43)21-37)48-35-40-29-11-7-8-12-32(29)49-35/h6-8,10-14,18,24-26,30H,2-5,9,15-17,19-22H2,1H3,(H,41,45)/b10-6-/t24-,25-,26-,30+,37-/m1/s1. The number of amides is 2. The molecule has 2 amide bonds. The molecule has 2 aliphatic carbocycles. The van der Waals surface area contributed by atoms with Gasteiger partial charge in [-0.15, -0.1) is 0 Å². The lowest BCUT2D eigenvalue weighted by Crippen LogP contribution is -2.47. The summed E-state index contributed by atoms with van der Waals surface area (Å²) in [5.74, 6) is -4.16. The number of fused-ring (bicyclic) bond motifs is 3. The minimum atomic E-state index is -3.93. The second-order valence-corrected chi connectivity index (χ2v) is 17.8. The van der Waals surface area contributed by atoms with Crippen molar-refractivity contribution in [2.45, 2.75) is 94.4 Å². The Morgan fingerprint density at radius 1 is 1.10 bits per heavy atom. The smallest absolute Gasteiger partial charge is 0.274 e. The summed E-state index contributed by atoms with van der Waals surface area (Å²) in [6, 6.07) is 10.3. The summed E-state index contributed by atoms with van der Waals surface area (Å²) in [5, 5.41) is 0.416. The lowest BCUT2D eigenvalue weighted by molar-refractivity contribution is -0.142. The molecule has 2 aromatic carbocycles. The highest BCUT2D eigenvalue weighted by Crippen LogP contribution is 2.57. The monoisotopic (exact) mass is 725 g/mol. The van der Waals surface area contributed by atoms with Gasteiger partial charge in [-0.1, -0.05) is 54.5 Å². The number of nitrogens with zero attached hydrogens (tertiary/aromatic N) is 2. The molecule has 7 rings (SSSR count). The van der Waals surface area contributed by atoms with Gasteiger partial charge in [-0.3, -0.25) is 19.1 Å². The fourth-order valence-electron chi connectivity index (χ4n) is 7.42. The van der Waals surface area contributed by atoms with Crippen LogP contribution in [0.2, 0.25) is 0 Å². The first kappa shape index (κ1) is 34.7. The number of hydrogen-bond donors (Lipinski definition) is 1. The lowest BCUT2D eigenvalue weighted by atomic mass is 9.90. The van der Waals surface area contributed by atoms with Crippen LogP contribution < -0.4 is 9.46 Å². The minimum Gasteiger partial charge on any atom is -0.465 e. The third kappa shape index (κ3) is 6.95. The Hall–Kier alpha value is -3.71. The van der Waals surface area contributed by atoms with Crippen LogP contribution in [-0.2, 0) is 30.8 Å². The van der Waals surface area contributed by atoms with Crippen LogP contribution in [-0.4, -0.2) is 59.3 Å². The number of rotatable bonds is 7. The van der Waals surface area contributed by atoms with Crippen LogP contribution in [0.3, 0.4) is 0 Å². The number of para-hydroxylation sites is 1. The van der Waals surface area contributed by atoms with Crippen LogP contribution in [0.5, 0.6) is 5.19 Å². The lowest BCUT2D eigenvalue weighted by Gasteiger charge is -2.29. The van der Waals surface area contributed by atoms with Crippen molar-refractivity contribution in [1.82, 2.24) is 14.6 Å². The van der Waals surface area contributed by atoms with E-state index in [1.807, 2.05) is 36.4 Å². The fourth-order valence-corrected chi connectivity index (χ4v) is 9.63. The van der Waals surface area contributed by atoms with Gasteiger partial charge in [0.2, 0.25) is 21.8 Å². The molecule has 266 valence electrons. The van der Waals surface area contributed by atoms with Gasteiger partial charge in [-0.2, -0.15) is 0 Å². The highest BCUT2D eigenvalue weighted by atomic mass is 32.2. The van der Waals surface area contributed by atoms with E-state index in [4.69, 9.17) is 4.74 Å². The summed E-state index contributed by atoms with van der Waals surface area (Å²) < 4.78 is 62.7. The molecule has 1 aromatic heterocycles. The molecular formula is C37H41F2N3O6S2. The Balaban J connectivity index is 1.19. The largest absolute Gasteiger partial charge is 0.465 e. The molecule has 2 aliphatic heterocycles. The summed E-state index contributed by atoms with van der Waals surface area (Å²) in [7, 11) is -3.93. The molecule has 50 heavy (non-hydrogen) atoms. The van der Waals surface area contributed by atoms with Gasteiger partial charge >= 0.3 is 0 Å². The SMILES string of the molecule is CC1(S(=O)(=O)NC(=O)[C@]23CC(=O)[C@@H]4C[C@@H](Oc5nc6ccccc6s5)CN4C(=O)[C@@H](Cc4ccc(F)c(F)c4)CCCCC/C=C\[C@@H]2C3)CC1. The van der Waals surface area contributed by atoms with Gasteiger partial charge in [0.15, 0.2) is 17.4 Å². The number of nitrogens with one attached hydrogen (secondary N) is 1. The Bertz CT molecular complexity index is 1930. The van der Waals surface area contributed by atoms with E-state index in [-0.39, 0.29) is 43.4 Å². The first-order chi connectivity index (χ1) is 23.9. The maximum absolute atomic E-state index is 14.5. The molecule has 5 atom stereocenters. The number of aromatic nitrogens is 1. The van der Waals surface area contributed by atoms with E-state index in [1.54, 1.807) is 6.92 Å². The predicted molar refractivity (Wildman–Crippen MR) is 185 cm³/mol. The number of carbonyl (C=O) groups is 3. The number of sulfonamides is 1. The van der Waals surface area contributed by atoms with Crippen molar-refractivity contribution in [3.8, 4) is 5.19 Å². The molecule has 3 heterocycles. The van der Waals surface area contributed by atoms with Crippen molar-refractivity contribution in [3.63, 3.8) is 0 Å². The topological polar surface area (TPSA) is 123 Å². The van der Waals surface area contributed by atoms with Crippen LogP contribution in [0.25, 0.3) is 10.2 Å². The summed E-state index contributed by atoms with van der Waals surface area (Å²) in [5.41, 5.74) is 0.0157. The molecular weight excluding hydrogens is 685 g/mol. The number of thiazole rings is 1. The van der Waals surface area contributed by atoms with Gasteiger partial charge in [0.1, 0.15) is 6.10 Å². The number of hydrogen-bond acceptors (Lipinski definition) is 8. The van der Waals surface area contributed by atoms with E-state index < -0.39 is 55.8 Å². The Morgan fingerprint density at radius 2 is 1.90 bits per heavy atom. The van der Waals surface area contributed by atoms with Gasteiger partial charge in [0.05, 0.1) is 33.0 Å². The van der Waals surface area contributed by atoms with Crippen LogP contribution in [0, 0.1) is 28.9 Å². The average Bonchev–Trinajstić information content (AvgIpc) is 3.88. The highest BCUT2D eigenvalue weighted by Gasteiger charge is 2.62. The highest BCUT2D eigenvalue weighted by molar-refractivity contribution is 7.91. The Kier molecular flexibility index (Phi) is 9.34. The van der Waals surface area contributed by atoms with E-state index in [2.05, 4.69) is 9.71 Å². The van der Waals surface area contributed by atoms with Crippen LogP contribution >= 0.6 is 11.3 Å². The van der Waals surface area contributed by atoms with E-state index >= 15 is 0 Å². The maximum atomic E-state index is 14.5. The molecule has 3 fully saturated rings. The number of allylic oxidation sites excluding steroid dienone is 2. The summed E-state index contributed by atoms with van der Waals surface area (Å²) >= 11 is 1.37. The zero-order valence-corrected chi connectivity index (χ0v) is 29.5. The first-order valence-corrected chi connectivity index (χ1v) is 19.7. The van der Waals surface area contributed by atoms with E-state index in [9.17, 15) is 31.6 Å². The van der Waals surface area contributed by atoms with Crippen LogP contribution in [0.4, 0.5) is 8.78 Å². The third-order valence-corrected chi connectivity index (χ3v) is 14.1. The van der Waals surface area contributed by atoms with Crippen molar-refractivity contribution in [2.24, 2.45) is 17.3 Å². The summed E-state index contributed by atoms with van der Waals surface area (Å²) in [6.45, 7) is 1.71. The van der Waals surface area contributed by atoms with Gasteiger partial charge in [-0.25, -0.2) is 22.2 Å². The predicted octanol–water partition coefficient (Wildman–Crippen LogP) is 6.27. The first-order valence-electron chi connectivity index (χ1n) is 17.4. The maximum Gasteiger partial charge on any atom is 0.274 e. The minimum absolute atomic E-state index is 0.106. The number of ether oxygens (including phenoxy) is 1. The molecule has 1 N–H and O–H groups in total. The quantitative estimate of drug-likeness (QED) is 0.285. The van der Waals surface area contributed by atoms with E-state index in [1.165, 1.54) is 22.3 Å². The Morgan fingerprint density at radius 3 is 2.66 bits per heavy atom. The Labute approximate surface area is 294 Å². The molecule has 3 aromatic rings. The van der Waals surface area contributed by atoms with Gasteiger partial charge < -0.3 is 9.64 Å². The second-order valence-electron chi connectivity index (χ2n) is 14.6. The summed E-state index contributed by atoms with van der Waals surface area (Å²) in [6.07, 6.45) is 8.35. The zero-order chi connectivity index (χ0) is 35.3. The number of benzene rings is 2. The molecule has 0 bridgehead atoms.